The maximum Gasteiger partial charge on any atom is 0.262 e. The standard InChI is InChI=1S/C15H15BrN2O4S/c1-17-15(19)10-3-8-13(14(9-10)22-2)18-23(20,21)12-6-4-11(16)5-7-12/h3-9,18H,1-2H3,(H,17,19). The van der Waals surface area contributed by atoms with E-state index in [0.717, 1.165) is 4.47 Å². The van der Waals surface area contributed by atoms with Gasteiger partial charge in [0, 0.05) is 17.1 Å². The minimum atomic E-state index is -3.75. The van der Waals surface area contributed by atoms with Crippen LogP contribution in [0.3, 0.4) is 0 Å². The first-order valence-corrected chi connectivity index (χ1v) is 8.83. The molecule has 8 heteroatoms. The highest BCUT2D eigenvalue weighted by Gasteiger charge is 2.17. The molecule has 0 saturated heterocycles. The zero-order chi connectivity index (χ0) is 17.0. The lowest BCUT2D eigenvalue weighted by Crippen LogP contribution is -2.18. The van der Waals surface area contributed by atoms with Gasteiger partial charge in [-0.15, -0.1) is 0 Å². The summed E-state index contributed by atoms with van der Waals surface area (Å²) in [5.74, 6) is -0.0302. The largest absolute Gasteiger partial charge is 0.495 e. The van der Waals surface area contributed by atoms with E-state index >= 15 is 0 Å². The molecule has 2 aromatic carbocycles. The average molecular weight is 399 g/mol. The van der Waals surface area contributed by atoms with Gasteiger partial charge in [-0.25, -0.2) is 8.42 Å². The Morgan fingerprint density at radius 3 is 2.35 bits per heavy atom. The van der Waals surface area contributed by atoms with Gasteiger partial charge in [-0.05, 0) is 42.5 Å². The third-order valence-electron chi connectivity index (χ3n) is 3.06. The number of hydrogen-bond acceptors (Lipinski definition) is 4. The molecule has 2 aromatic rings. The van der Waals surface area contributed by atoms with Crippen LogP contribution < -0.4 is 14.8 Å². The van der Waals surface area contributed by atoms with Crippen LogP contribution in [0.5, 0.6) is 5.75 Å². The Morgan fingerprint density at radius 1 is 1.13 bits per heavy atom. The van der Waals surface area contributed by atoms with Crippen molar-refractivity contribution >= 4 is 37.5 Å². The number of carbonyl (C=O) groups is 1. The highest BCUT2D eigenvalue weighted by atomic mass is 79.9. The minimum Gasteiger partial charge on any atom is -0.495 e. The molecule has 2 N–H and O–H groups in total. The first kappa shape index (κ1) is 17.3. The first-order chi connectivity index (χ1) is 10.9. The number of sulfonamides is 1. The van der Waals surface area contributed by atoms with Crippen molar-refractivity contribution in [2.45, 2.75) is 4.90 Å². The van der Waals surface area contributed by atoms with Crippen molar-refractivity contribution in [3.05, 3.63) is 52.5 Å². The zero-order valence-electron chi connectivity index (χ0n) is 12.5. The molecular weight excluding hydrogens is 384 g/mol. The molecule has 0 unspecified atom stereocenters. The summed E-state index contributed by atoms with van der Waals surface area (Å²) in [5.41, 5.74) is 0.624. The normalized spacial score (nSPS) is 10.9. The Bertz CT molecular complexity index is 820. The number of carbonyl (C=O) groups excluding carboxylic acids is 1. The number of amides is 1. The van der Waals surface area contributed by atoms with Gasteiger partial charge < -0.3 is 10.1 Å². The van der Waals surface area contributed by atoms with Crippen LogP contribution in [0.15, 0.2) is 51.8 Å². The fourth-order valence-electron chi connectivity index (χ4n) is 1.88. The van der Waals surface area contributed by atoms with Crippen LogP contribution in [0, 0.1) is 0 Å². The maximum absolute atomic E-state index is 12.4. The number of nitrogens with one attached hydrogen (secondary N) is 2. The van der Waals surface area contributed by atoms with Gasteiger partial charge in [0.1, 0.15) is 5.75 Å². The van der Waals surface area contributed by atoms with Crippen molar-refractivity contribution in [2.75, 3.05) is 18.9 Å². The summed E-state index contributed by atoms with van der Waals surface area (Å²) in [5, 5.41) is 2.49. The molecule has 122 valence electrons. The van der Waals surface area contributed by atoms with Gasteiger partial charge in [0.25, 0.3) is 15.9 Å². The molecule has 0 aliphatic carbocycles. The summed E-state index contributed by atoms with van der Waals surface area (Å²) in [4.78, 5) is 11.7. The molecule has 0 saturated carbocycles. The van der Waals surface area contributed by atoms with Gasteiger partial charge in [0.15, 0.2) is 0 Å². The fourth-order valence-corrected chi connectivity index (χ4v) is 3.21. The predicted molar refractivity (Wildman–Crippen MR) is 91.3 cm³/mol. The molecule has 0 aliphatic heterocycles. The number of halogens is 1. The Balaban J connectivity index is 2.35. The number of hydrogen-bond donors (Lipinski definition) is 2. The van der Waals surface area contributed by atoms with E-state index in [1.807, 2.05) is 0 Å². The molecule has 0 aliphatic rings. The molecule has 0 bridgehead atoms. The summed E-state index contributed by atoms with van der Waals surface area (Å²) in [6.07, 6.45) is 0. The number of methoxy groups -OCH3 is 1. The van der Waals surface area contributed by atoms with Gasteiger partial charge in [0.05, 0.1) is 17.7 Å². The molecule has 0 spiro atoms. The summed E-state index contributed by atoms with van der Waals surface area (Å²) in [7, 11) is -0.837. The molecule has 0 atom stereocenters. The van der Waals surface area contributed by atoms with Crippen LogP contribution in [0.25, 0.3) is 0 Å². The number of anilines is 1. The predicted octanol–water partition coefficient (Wildman–Crippen LogP) is 2.62. The van der Waals surface area contributed by atoms with E-state index in [0.29, 0.717) is 5.56 Å². The number of rotatable bonds is 5. The molecule has 0 heterocycles. The lowest BCUT2D eigenvalue weighted by molar-refractivity contribution is 0.0963. The monoisotopic (exact) mass is 398 g/mol. The second-order valence-electron chi connectivity index (χ2n) is 4.55. The summed E-state index contributed by atoms with van der Waals surface area (Å²) < 4.78 is 33.2. The SMILES string of the molecule is CNC(=O)c1ccc(NS(=O)(=O)c2ccc(Br)cc2)c(OC)c1. The van der Waals surface area contributed by atoms with Crippen LogP contribution in [0.1, 0.15) is 10.4 Å². The second kappa shape index (κ2) is 7.01. The zero-order valence-corrected chi connectivity index (χ0v) is 14.9. The highest BCUT2D eigenvalue weighted by Crippen LogP contribution is 2.28. The van der Waals surface area contributed by atoms with Crippen molar-refractivity contribution in [1.29, 1.82) is 0 Å². The van der Waals surface area contributed by atoms with Crippen LogP contribution in [0.4, 0.5) is 5.69 Å². The third kappa shape index (κ3) is 4.02. The van der Waals surface area contributed by atoms with E-state index in [-0.39, 0.29) is 22.2 Å². The van der Waals surface area contributed by atoms with Gasteiger partial charge in [-0.1, -0.05) is 15.9 Å². The van der Waals surface area contributed by atoms with E-state index in [2.05, 4.69) is 26.0 Å². The molecule has 0 fully saturated rings. The van der Waals surface area contributed by atoms with Crippen molar-refractivity contribution in [3.8, 4) is 5.75 Å². The Kier molecular flexibility index (Phi) is 5.27. The molecular formula is C15H15BrN2O4S. The van der Waals surface area contributed by atoms with E-state index in [1.165, 1.54) is 44.5 Å². The van der Waals surface area contributed by atoms with Crippen molar-refractivity contribution in [3.63, 3.8) is 0 Å². The van der Waals surface area contributed by atoms with Crippen LogP contribution in [-0.2, 0) is 10.0 Å². The Labute approximate surface area is 143 Å². The van der Waals surface area contributed by atoms with E-state index in [4.69, 9.17) is 4.74 Å². The van der Waals surface area contributed by atoms with Crippen molar-refractivity contribution in [1.82, 2.24) is 5.32 Å². The summed E-state index contributed by atoms with van der Waals surface area (Å²) in [6.45, 7) is 0. The van der Waals surface area contributed by atoms with Crippen molar-refractivity contribution < 1.29 is 17.9 Å². The average Bonchev–Trinajstić information content (AvgIpc) is 2.54. The number of ether oxygens (including phenoxy) is 1. The molecule has 0 radical (unpaired) electrons. The molecule has 6 nitrogen and oxygen atoms in total. The van der Waals surface area contributed by atoms with Gasteiger partial charge in [0.2, 0.25) is 0 Å². The Hall–Kier alpha value is -2.06. The summed E-state index contributed by atoms with van der Waals surface area (Å²) in [6, 6.07) is 10.7. The third-order valence-corrected chi connectivity index (χ3v) is 4.97. The lowest BCUT2D eigenvalue weighted by Gasteiger charge is -2.13. The number of benzene rings is 2. The quantitative estimate of drug-likeness (QED) is 0.810. The van der Waals surface area contributed by atoms with Crippen LogP contribution in [0.2, 0.25) is 0 Å². The van der Waals surface area contributed by atoms with Crippen LogP contribution >= 0.6 is 15.9 Å². The van der Waals surface area contributed by atoms with Crippen LogP contribution in [-0.4, -0.2) is 28.5 Å². The molecule has 1 amide bonds. The van der Waals surface area contributed by atoms with E-state index < -0.39 is 10.0 Å². The van der Waals surface area contributed by atoms with E-state index in [9.17, 15) is 13.2 Å². The second-order valence-corrected chi connectivity index (χ2v) is 7.15. The smallest absolute Gasteiger partial charge is 0.262 e. The highest BCUT2D eigenvalue weighted by molar-refractivity contribution is 9.10. The van der Waals surface area contributed by atoms with Gasteiger partial charge in [-0.3, -0.25) is 9.52 Å². The first-order valence-electron chi connectivity index (χ1n) is 6.56. The minimum absolute atomic E-state index is 0.123. The Morgan fingerprint density at radius 2 is 1.78 bits per heavy atom. The molecule has 0 aromatic heterocycles. The summed E-state index contributed by atoms with van der Waals surface area (Å²) >= 11 is 3.26. The van der Waals surface area contributed by atoms with E-state index in [1.54, 1.807) is 12.1 Å². The molecule has 2 rings (SSSR count). The van der Waals surface area contributed by atoms with Gasteiger partial charge >= 0.3 is 0 Å². The lowest BCUT2D eigenvalue weighted by atomic mass is 10.2. The maximum atomic E-state index is 12.4. The molecule has 23 heavy (non-hydrogen) atoms. The fraction of sp³-hybridized carbons (Fsp3) is 0.133. The van der Waals surface area contributed by atoms with Crippen molar-refractivity contribution in [2.24, 2.45) is 0 Å². The topological polar surface area (TPSA) is 84.5 Å². The van der Waals surface area contributed by atoms with Gasteiger partial charge in [-0.2, -0.15) is 0 Å².